The highest BCUT2D eigenvalue weighted by Gasteiger charge is 2.33. The van der Waals surface area contributed by atoms with Gasteiger partial charge in [0.15, 0.2) is 0 Å². The lowest BCUT2D eigenvalue weighted by Crippen LogP contribution is -2.48. The highest BCUT2D eigenvalue weighted by atomic mass is 19.1. The van der Waals surface area contributed by atoms with Gasteiger partial charge in [-0.05, 0) is 25.0 Å². The molecule has 0 spiro atoms. The number of rotatable bonds is 2. The number of amides is 1. The van der Waals surface area contributed by atoms with E-state index in [2.05, 4.69) is 11.4 Å². The molecule has 1 N–H and O–H groups in total. The number of hydrogen-bond donors (Lipinski definition) is 1. The smallest absolute Gasteiger partial charge is 0.258 e. The van der Waals surface area contributed by atoms with Crippen LogP contribution in [0.1, 0.15) is 55.3 Å². The van der Waals surface area contributed by atoms with Crippen LogP contribution in [0.3, 0.4) is 0 Å². The van der Waals surface area contributed by atoms with Crippen molar-refractivity contribution in [2.75, 3.05) is 0 Å². The van der Waals surface area contributed by atoms with E-state index in [4.69, 9.17) is 0 Å². The van der Waals surface area contributed by atoms with Gasteiger partial charge in [-0.15, -0.1) is 0 Å². The Morgan fingerprint density at radius 1 is 1.10 bits per heavy atom. The van der Waals surface area contributed by atoms with Crippen LogP contribution in [0.2, 0.25) is 0 Å². The van der Waals surface area contributed by atoms with E-state index in [1.165, 1.54) is 6.07 Å². The van der Waals surface area contributed by atoms with Gasteiger partial charge in [-0.1, -0.05) is 38.2 Å². The van der Waals surface area contributed by atoms with Crippen LogP contribution in [0.15, 0.2) is 18.2 Å². The second-order valence-corrected chi connectivity index (χ2v) is 5.51. The number of halogens is 2. The van der Waals surface area contributed by atoms with Gasteiger partial charge in [0, 0.05) is 0 Å². The van der Waals surface area contributed by atoms with Crippen LogP contribution in [0, 0.1) is 23.0 Å². The van der Waals surface area contributed by atoms with Crippen molar-refractivity contribution in [1.82, 2.24) is 5.32 Å². The molecule has 5 heteroatoms. The van der Waals surface area contributed by atoms with Crippen LogP contribution in [-0.4, -0.2) is 11.4 Å². The number of nitrogens with one attached hydrogen (secondary N) is 1. The first-order valence-corrected chi connectivity index (χ1v) is 7.26. The van der Waals surface area contributed by atoms with Crippen LogP contribution in [0.5, 0.6) is 0 Å². The van der Waals surface area contributed by atoms with E-state index < -0.39 is 28.6 Å². The lowest BCUT2D eigenvalue weighted by molar-refractivity contribution is 0.0899. The minimum Gasteiger partial charge on any atom is -0.334 e. The summed E-state index contributed by atoms with van der Waals surface area (Å²) in [6, 6.07) is 5.43. The molecule has 0 saturated heterocycles. The Labute approximate surface area is 123 Å². The van der Waals surface area contributed by atoms with Gasteiger partial charge in [0.05, 0.1) is 6.07 Å². The molecule has 3 nitrogen and oxygen atoms in total. The molecule has 0 aromatic heterocycles. The topological polar surface area (TPSA) is 52.9 Å². The zero-order chi connectivity index (χ0) is 15.3. The summed E-state index contributed by atoms with van der Waals surface area (Å²) in [5, 5.41) is 12.0. The van der Waals surface area contributed by atoms with Crippen LogP contribution < -0.4 is 5.32 Å². The SMILES string of the molecule is N#CC1(NC(=O)c2c(F)cccc2F)CCCCCCC1. The third kappa shape index (κ3) is 3.57. The second-order valence-electron chi connectivity index (χ2n) is 5.51. The highest BCUT2D eigenvalue weighted by molar-refractivity contribution is 5.95. The summed E-state index contributed by atoms with van der Waals surface area (Å²) in [5.74, 6) is -2.68. The van der Waals surface area contributed by atoms with Crippen LogP contribution >= 0.6 is 0 Å². The number of carbonyl (C=O) groups is 1. The summed E-state index contributed by atoms with van der Waals surface area (Å²) >= 11 is 0. The van der Waals surface area contributed by atoms with E-state index in [1.54, 1.807) is 0 Å². The predicted molar refractivity (Wildman–Crippen MR) is 74.5 cm³/mol. The molecule has 0 unspecified atom stereocenters. The van der Waals surface area contributed by atoms with Crippen molar-refractivity contribution < 1.29 is 13.6 Å². The average Bonchev–Trinajstić information content (AvgIpc) is 2.42. The lowest BCUT2D eigenvalue weighted by atomic mass is 9.85. The van der Waals surface area contributed by atoms with Gasteiger partial charge in [0.2, 0.25) is 0 Å². The lowest BCUT2D eigenvalue weighted by Gasteiger charge is -2.29. The average molecular weight is 292 g/mol. The van der Waals surface area contributed by atoms with E-state index in [0.29, 0.717) is 12.8 Å². The quantitative estimate of drug-likeness (QED) is 0.903. The van der Waals surface area contributed by atoms with Crippen molar-refractivity contribution in [3.05, 3.63) is 35.4 Å². The third-order valence-corrected chi connectivity index (χ3v) is 3.96. The maximum absolute atomic E-state index is 13.6. The number of nitriles is 1. The zero-order valence-corrected chi connectivity index (χ0v) is 11.8. The molecular weight excluding hydrogens is 274 g/mol. The Hall–Kier alpha value is -1.96. The molecule has 1 aliphatic carbocycles. The summed E-state index contributed by atoms with van der Waals surface area (Å²) < 4.78 is 27.3. The Balaban J connectivity index is 2.21. The highest BCUT2D eigenvalue weighted by Crippen LogP contribution is 2.26. The molecule has 1 aromatic rings. The Morgan fingerprint density at radius 2 is 1.62 bits per heavy atom. The third-order valence-electron chi connectivity index (χ3n) is 3.96. The molecule has 1 saturated carbocycles. The molecule has 112 valence electrons. The van der Waals surface area contributed by atoms with E-state index in [9.17, 15) is 18.8 Å². The molecule has 0 aliphatic heterocycles. The summed E-state index contributed by atoms with van der Waals surface area (Å²) in [6.07, 6.45) is 5.83. The molecule has 0 atom stereocenters. The van der Waals surface area contributed by atoms with Gasteiger partial charge >= 0.3 is 0 Å². The Kier molecular flexibility index (Phi) is 4.89. The summed E-state index contributed by atoms with van der Waals surface area (Å²) in [7, 11) is 0. The fourth-order valence-corrected chi connectivity index (χ4v) is 2.77. The fraction of sp³-hybridized carbons (Fsp3) is 0.500. The van der Waals surface area contributed by atoms with Crippen molar-refractivity contribution >= 4 is 5.91 Å². The maximum atomic E-state index is 13.6. The minimum atomic E-state index is -1.02. The molecule has 1 aromatic carbocycles. The van der Waals surface area contributed by atoms with E-state index in [0.717, 1.165) is 44.2 Å². The van der Waals surface area contributed by atoms with Crippen LogP contribution in [0.25, 0.3) is 0 Å². The van der Waals surface area contributed by atoms with Gasteiger partial charge in [0.1, 0.15) is 22.7 Å². The molecule has 1 amide bonds. The van der Waals surface area contributed by atoms with Crippen molar-refractivity contribution in [3.63, 3.8) is 0 Å². The molecule has 1 aliphatic rings. The molecule has 0 heterocycles. The first-order valence-electron chi connectivity index (χ1n) is 7.26. The van der Waals surface area contributed by atoms with Crippen molar-refractivity contribution in [2.45, 2.75) is 50.5 Å². The number of nitrogens with zero attached hydrogens (tertiary/aromatic N) is 1. The van der Waals surface area contributed by atoms with Gasteiger partial charge in [-0.25, -0.2) is 8.78 Å². The Bertz CT molecular complexity index is 538. The van der Waals surface area contributed by atoms with Gasteiger partial charge < -0.3 is 5.32 Å². The largest absolute Gasteiger partial charge is 0.334 e. The monoisotopic (exact) mass is 292 g/mol. The number of hydrogen-bond acceptors (Lipinski definition) is 2. The molecule has 0 bridgehead atoms. The molecule has 21 heavy (non-hydrogen) atoms. The van der Waals surface area contributed by atoms with Crippen LogP contribution in [0.4, 0.5) is 8.78 Å². The fourth-order valence-electron chi connectivity index (χ4n) is 2.77. The summed E-state index contributed by atoms with van der Waals surface area (Å²) in [4.78, 5) is 12.2. The normalized spacial score (nSPS) is 18.1. The van der Waals surface area contributed by atoms with Crippen molar-refractivity contribution in [2.24, 2.45) is 0 Å². The van der Waals surface area contributed by atoms with Gasteiger partial charge in [0.25, 0.3) is 5.91 Å². The maximum Gasteiger partial charge on any atom is 0.258 e. The molecular formula is C16H18F2N2O. The predicted octanol–water partition coefficient (Wildman–Crippen LogP) is 3.70. The first-order chi connectivity index (χ1) is 10.1. The number of carbonyl (C=O) groups excluding carboxylic acids is 1. The van der Waals surface area contributed by atoms with E-state index >= 15 is 0 Å². The summed E-state index contributed by atoms with van der Waals surface area (Å²) in [6.45, 7) is 0. The van der Waals surface area contributed by atoms with E-state index in [1.807, 2.05) is 0 Å². The zero-order valence-electron chi connectivity index (χ0n) is 11.8. The molecule has 2 rings (SSSR count). The number of benzene rings is 1. The standard InChI is InChI=1S/C16H18F2N2O/c17-12-7-6-8-13(18)14(12)15(21)20-16(11-19)9-4-2-1-3-5-10-16/h6-8H,1-5,9-10H2,(H,20,21). The van der Waals surface area contributed by atoms with Gasteiger partial charge in [-0.3, -0.25) is 4.79 Å². The van der Waals surface area contributed by atoms with Gasteiger partial charge in [-0.2, -0.15) is 5.26 Å². The van der Waals surface area contributed by atoms with E-state index in [-0.39, 0.29) is 0 Å². The first kappa shape index (κ1) is 15.4. The van der Waals surface area contributed by atoms with Crippen LogP contribution in [-0.2, 0) is 0 Å². The Morgan fingerprint density at radius 3 is 2.14 bits per heavy atom. The van der Waals surface area contributed by atoms with Crippen molar-refractivity contribution in [3.8, 4) is 6.07 Å². The summed E-state index contributed by atoms with van der Waals surface area (Å²) in [5.41, 5.74) is -1.64. The molecule has 1 fully saturated rings. The second kappa shape index (κ2) is 6.66. The molecule has 0 radical (unpaired) electrons. The van der Waals surface area contributed by atoms with Crippen molar-refractivity contribution in [1.29, 1.82) is 5.26 Å². The minimum absolute atomic E-state index is 0.519.